The Bertz CT molecular complexity index is 580. The molecule has 1 aliphatic carbocycles. The Hall–Kier alpha value is -2.04. The van der Waals surface area contributed by atoms with Crippen LogP contribution in [-0.4, -0.2) is 61.4 Å². The van der Waals surface area contributed by atoms with Gasteiger partial charge in [0.2, 0.25) is 5.91 Å². The number of aliphatic imine (C=N–C) groups is 1. The first-order valence-corrected chi connectivity index (χ1v) is 8.95. The molecule has 5 heteroatoms. The average molecular weight is 330 g/mol. The van der Waals surface area contributed by atoms with Crippen molar-refractivity contribution in [3.8, 4) is 0 Å². The third-order valence-corrected chi connectivity index (χ3v) is 4.61. The Balaban J connectivity index is 1.97. The summed E-state index contributed by atoms with van der Waals surface area (Å²) >= 11 is 0. The van der Waals surface area contributed by atoms with E-state index in [9.17, 15) is 4.79 Å². The van der Waals surface area contributed by atoms with Crippen molar-refractivity contribution in [1.82, 2.24) is 15.1 Å². The fraction of sp³-hybridized carbons (Fsp3) is 0.579. The summed E-state index contributed by atoms with van der Waals surface area (Å²) in [5, 5.41) is 3.30. The number of amides is 1. The second-order valence-corrected chi connectivity index (χ2v) is 6.22. The fourth-order valence-corrected chi connectivity index (χ4v) is 3.15. The third kappa shape index (κ3) is 4.28. The Morgan fingerprint density at radius 2 is 1.96 bits per heavy atom. The quantitative estimate of drug-likeness (QED) is 0.615. The first kappa shape index (κ1) is 18.3. The lowest BCUT2D eigenvalue weighted by Crippen LogP contribution is -2.45. The average Bonchev–Trinajstić information content (AvgIpc) is 2.55. The molecule has 0 aliphatic heterocycles. The molecular formula is C19H30N4O. The summed E-state index contributed by atoms with van der Waals surface area (Å²) in [6.07, 6.45) is 1.10. The van der Waals surface area contributed by atoms with Crippen LogP contribution in [0.25, 0.3) is 0 Å². The van der Waals surface area contributed by atoms with Gasteiger partial charge in [0.25, 0.3) is 0 Å². The summed E-state index contributed by atoms with van der Waals surface area (Å²) in [6, 6.07) is 8.57. The molecular weight excluding hydrogens is 300 g/mol. The molecule has 0 heterocycles. The minimum atomic E-state index is 0.141. The van der Waals surface area contributed by atoms with Gasteiger partial charge in [-0.05, 0) is 38.3 Å². The Morgan fingerprint density at radius 3 is 2.58 bits per heavy atom. The minimum Gasteiger partial charge on any atom is -0.357 e. The lowest BCUT2D eigenvalue weighted by atomic mass is 9.78. The highest BCUT2D eigenvalue weighted by Gasteiger charge is 2.25. The molecule has 0 spiro atoms. The van der Waals surface area contributed by atoms with Gasteiger partial charge >= 0.3 is 0 Å². The zero-order chi connectivity index (χ0) is 17.5. The van der Waals surface area contributed by atoms with Gasteiger partial charge in [-0.25, -0.2) is 0 Å². The van der Waals surface area contributed by atoms with E-state index in [1.54, 1.807) is 0 Å². The number of nitrogens with one attached hydrogen (secondary N) is 1. The molecule has 0 radical (unpaired) electrons. The molecule has 0 fully saturated rings. The highest BCUT2D eigenvalue weighted by Crippen LogP contribution is 2.34. The molecule has 1 atom stereocenters. The largest absolute Gasteiger partial charge is 0.357 e. The predicted molar refractivity (Wildman–Crippen MR) is 99.4 cm³/mol. The molecule has 2 rings (SSSR count). The Labute approximate surface area is 145 Å². The van der Waals surface area contributed by atoms with Crippen molar-refractivity contribution in [2.45, 2.75) is 33.1 Å². The molecule has 1 N–H and O–H groups in total. The first-order valence-electron chi connectivity index (χ1n) is 8.95. The number of fused-ring (bicyclic) bond motifs is 1. The van der Waals surface area contributed by atoms with Gasteiger partial charge in [0, 0.05) is 39.1 Å². The van der Waals surface area contributed by atoms with E-state index in [0.29, 0.717) is 12.5 Å². The molecule has 1 aromatic carbocycles. The highest BCUT2D eigenvalue weighted by atomic mass is 16.2. The second-order valence-electron chi connectivity index (χ2n) is 6.22. The number of rotatable bonds is 7. The van der Waals surface area contributed by atoms with Crippen LogP contribution < -0.4 is 5.32 Å². The summed E-state index contributed by atoms with van der Waals surface area (Å²) in [7, 11) is 1.93. The van der Waals surface area contributed by atoms with Crippen LogP contribution >= 0.6 is 0 Å². The van der Waals surface area contributed by atoms with Gasteiger partial charge in [0.05, 0.1) is 6.54 Å². The van der Waals surface area contributed by atoms with Crippen molar-refractivity contribution >= 4 is 11.9 Å². The number of hydrogen-bond acceptors (Lipinski definition) is 2. The van der Waals surface area contributed by atoms with Gasteiger partial charge in [-0.1, -0.05) is 24.3 Å². The molecule has 1 aromatic rings. The van der Waals surface area contributed by atoms with E-state index in [1.807, 2.05) is 37.6 Å². The molecule has 1 aliphatic rings. The van der Waals surface area contributed by atoms with E-state index in [2.05, 4.69) is 29.6 Å². The number of benzene rings is 1. The van der Waals surface area contributed by atoms with Gasteiger partial charge in [-0.2, -0.15) is 0 Å². The number of guanidine groups is 1. The smallest absolute Gasteiger partial charge is 0.242 e. The molecule has 5 nitrogen and oxygen atoms in total. The maximum atomic E-state index is 12.3. The van der Waals surface area contributed by atoms with E-state index in [1.165, 1.54) is 11.1 Å². The Morgan fingerprint density at radius 1 is 1.25 bits per heavy atom. The third-order valence-electron chi connectivity index (χ3n) is 4.61. The molecule has 1 amide bonds. The number of hydrogen-bond donors (Lipinski definition) is 1. The van der Waals surface area contributed by atoms with Crippen LogP contribution in [0.15, 0.2) is 29.3 Å². The van der Waals surface area contributed by atoms with Crippen LogP contribution in [0.5, 0.6) is 0 Å². The van der Waals surface area contributed by atoms with Crippen LogP contribution in [0.3, 0.4) is 0 Å². The molecule has 0 saturated carbocycles. The van der Waals surface area contributed by atoms with Gasteiger partial charge in [-0.15, -0.1) is 0 Å². The topological polar surface area (TPSA) is 47.9 Å². The molecule has 24 heavy (non-hydrogen) atoms. The zero-order valence-corrected chi connectivity index (χ0v) is 15.4. The van der Waals surface area contributed by atoms with Gasteiger partial charge in [0.15, 0.2) is 5.96 Å². The fourth-order valence-electron chi connectivity index (χ4n) is 3.15. The predicted octanol–water partition coefficient (Wildman–Crippen LogP) is 2.09. The van der Waals surface area contributed by atoms with Gasteiger partial charge in [-0.3, -0.25) is 9.79 Å². The number of carbonyl (C=O) groups is 1. The van der Waals surface area contributed by atoms with Gasteiger partial charge in [0.1, 0.15) is 0 Å². The van der Waals surface area contributed by atoms with Crippen molar-refractivity contribution in [2.75, 3.05) is 39.8 Å². The summed E-state index contributed by atoms with van der Waals surface area (Å²) in [5.74, 6) is 1.45. The molecule has 132 valence electrons. The Kier molecular flexibility index (Phi) is 6.64. The van der Waals surface area contributed by atoms with Crippen LogP contribution in [0, 0.1) is 0 Å². The van der Waals surface area contributed by atoms with Crippen LogP contribution in [0.1, 0.15) is 37.8 Å². The maximum absolute atomic E-state index is 12.3. The van der Waals surface area contributed by atoms with Crippen LogP contribution in [0.2, 0.25) is 0 Å². The van der Waals surface area contributed by atoms with Crippen molar-refractivity contribution in [3.63, 3.8) is 0 Å². The summed E-state index contributed by atoms with van der Waals surface area (Å²) < 4.78 is 0. The lowest BCUT2D eigenvalue weighted by Gasteiger charge is -2.30. The summed E-state index contributed by atoms with van der Waals surface area (Å²) in [6.45, 7) is 9.48. The van der Waals surface area contributed by atoms with E-state index in [0.717, 1.165) is 38.6 Å². The van der Waals surface area contributed by atoms with Crippen molar-refractivity contribution < 1.29 is 4.79 Å². The normalized spacial score (nSPS) is 16.2. The number of nitrogens with zero attached hydrogens (tertiary/aromatic N) is 3. The monoisotopic (exact) mass is 330 g/mol. The number of carbonyl (C=O) groups excluding carboxylic acids is 1. The van der Waals surface area contributed by atoms with E-state index in [4.69, 9.17) is 4.99 Å². The first-order chi connectivity index (χ1) is 11.6. The SMILES string of the molecule is CCNC(=NCC1Cc2ccccc21)N(C)CC(=O)N(CC)CC. The van der Waals surface area contributed by atoms with Crippen LogP contribution in [0.4, 0.5) is 0 Å². The summed E-state index contributed by atoms with van der Waals surface area (Å²) in [4.78, 5) is 20.8. The number of likely N-dealkylation sites (N-methyl/N-ethyl adjacent to an activating group) is 2. The van der Waals surface area contributed by atoms with Crippen LogP contribution in [-0.2, 0) is 11.2 Å². The molecule has 1 unspecified atom stereocenters. The molecule has 0 bridgehead atoms. The van der Waals surface area contributed by atoms with E-state index >= 15 is 0 Å². The minimum absolute atomic E-state index is 0.141. The van der Waals surface area contributed by atoms with Crippen molar-refractivity contribution in [2.24, 2.45) is 4.99 Å². The second kappa shape index (κ2) is 8.71. The highest BCUT2D eigenvalue weighted by molar-refractivity contribution is 5.86. The standard InChI is InChI=1S/C19H30N4O/c1-5-20-19(22(4)14-18(24)23(6-2)7-3)21-13-16-12-15-10-8-9-11-17(15)16/h8-11,16H,5-7,12-14H2,1-4H3,(H,20,21). The lowest BCUT2D eigenvalue weighted by molar-refractivity contribution is -0.131. The molecule has 0 saturated heterocycles. The van der Waals surface area contributed by atoms with Crippen molar-refractivity contribution in [1.29, 1.82) is 0 Å². The maximum Gasteiger partial charge on any atom is 0.242 e. The summed E-state index contributed by atoms with van der Waals surface area (Å²) in [5.41, 5.74) is 2.85. The van der Waals surface area contributed by atoms with Gasteiger partial charge < -0.3 is 15.1 Å². The zero-order valence-electron chi connectivity index (χ0n) is 15.4. The van der Waals surface area contributed by atoms with E-state index < -0.39 is 0 Å². The van der Waals surface area contributed by atoms with Crippen molar-refractivity contribution in [3.05, 3.63) is 35.4 Å². The van der Waals surface area contributed by atoms with E-state index in [-0.39, 0.29) is 5.91 Å². The molecule has 0 aromatic heterocycles.